The number of benzene rings is 1. The second kappa shape index (κ2) is 8.86. The first-order valence-electron chi connectivity index (χ1n) is 7.08. The first-order chi connectivity index (χ1) is 10.5. The summed E-state index contributed by atoms with van der Waals surface area (Å²) >= 11 is 0. The molecule has 1 rings (SSSR count). The molecule has 22 heavy (non-hydrogen) atoms. The largest absolute Gasteiger partial charge is 0.496 e. The van der Waals surface area contributed by atoms with E-state index in [0.29, 0.717) is 30.1 Å². The van der Waals surface area contributed by atoms with Crippen molar-refractivity contribution in [1.82, 2.24) is 0 Å². The molecule has 0 N–H and O–H groups in total. The molecule has 1 aromatic rings. The van der Waals surface area contributed by atoms with Gasteiger partial charge in [-0.15, -0.1) is 10.1 Å². The van der Waals surface area contributed by atoms with Crippen LogP contribution in [0.3, 0.4) is 0 Å². The van der Waals surface area contributed by atoms with E-state index in [1.54, 1.807) is 19.2 Å². The smallest absolute Gasteiger partial charge is 0.338 e. The zero-order valence-corrected chi connectivity index (χ0v) is 13.0. The van der Waals surface area contributed by atoms with Crippen LogP contribution in [0, 0.1) is 10.1 Å². The molecule has 0 amide bonds. The van der Waals surface area contributed by atoms with Gasteiger partial charge in [-0.3, -0.25) is 0 Å². The van der Waals surface area contributed by atoms with E-state index in [1.807, 2.05) is 19.9 Å². The monoisotopic (exact) mass is 311 g/mol. The molecule has 7 heteroatoms. The Balaban J connectivity index is 2.47. The van der Waals surface area contributed by atoms with Crippen molar-refractivity contribution in [2.75, 3.05) is 20.3 Å². The maximum Gasteiger partial charge on any atom is 0.338 e. The standard InChI is InChI=1S/C15H21NO6/c1-11(2)13-7-6-12(10-14(13)20-3)15(17)21-8-4-5-9-22-16(18)19/h6-7,10-11H,4-5,8-9H2,1-3H3. The summed E-state index contributed by atoms with van der Waals surface area (Å²) in [5.74, 6) is 0.509. The van der Waals surface area contributed by atoms with Gasteiger partial charge in [-0.1, -0.05) is 19.9 Å². The summed E-state index contributed by atoms with van der Waals surface area (Å²) in [4.78, 5) is 26.0. The minimum Gasteiger partial charge on any atom is -0.496 e. The lowest BCUT2D eigenvalue weighted by atomic mass is 10.0. The molecule has 0 aliphatic rings. The Bertz CT molecular complexity index is 515. The van der Waals surface area contributed by atoms with E-state index in [2.05, 4.69) is 4.84 Å². The first kappa shape index (κ1) is 17.7. The Morgan fingerprint density at radius 3 is 2.55 bits per heavy atom. The molecule has 122 valence electrons. The number of unbranched alkanes of at least 4 members (excludes halogenated alkanes) is 1. The van der Waals surface area contributed by atoms with Crippen molar-refractivity contribution in [1.29, 1.82) is 0 Å². The molecule has 0 aliphatic carbocycles. The molecule has 0 atom stereocenters. The number of rotatable bonds is 9. The molecule has 0 unspecified atom stereocenters. The van der Waals surface area contributed by atoms with Gasteiger partial charge in [0, 0.05) is 0 Å². The van der Waals surface area contributed by atoms with Crippen LogP contribution in [0.5, 0.6) is 5.75 Å². The summed E-state index contributed by atoms with van der Waals surface area (Å²) in [5.41, 5.74) is 1.44. The Hall–Kier alpha value is -2.31. The zero-order chi connectivity index (χ0) is 16.5. The van der Waals surface area contributed by atoms with E-state index in [1.165, 1.54) is 0 Å². The van der Waals surface area contributed by atoms with Crippen molar-refractivity contribution in [2.24, 2.45) is 0 Å². The number of ether oxygens (including phenoxy) is 2. The number of hydrogen-bond donors (Lipinski definition) is 0. The van der Waals surface area contributed by atoms with Gasteiger partial charge in [0.25, 0.3) is 5.09 Å². The van der Waals surface area contributed by atoms with E-state index < -0.39 is 11.1 Å². The highest BCUT2D eigenvalue weighted by atomic mass is 16.9. The van der Waals surface area contributed by atoms with Crippen LogP contribution in [-0.4, -0.2) is 31.4 Å². The lowest BCUT2D eigenvalue weighted by Crippen LogP contribution is -2.09. The fourth-order valence-corrected chi connectivity index (χ4v) is 1.91. The molecule has 0 bridgehead atoms. The van der Waals surface area contributed by atoms with E-state index >= 15 is 0 Å². The minimum atomic E-state index is -0.839. The van der Waals surface area contributed by atoms with Crippen LogP contribution in [0.4, 0.5) is 0 Å². The second-order valence-electron chi connectivity index (χ2n) is 5.01. The van der Waals surface area contributed by atoms with Crippen molar-refractivity contribution in [3.8, 4) is 5.75 Å². The van der Waals surface area contributed by atoms with Crippen molar-refractivity contribution in [2.45, 2.75) is 32.6 Å². The van der Waals surface area contributed by atoms with E-state index in [4.69, 9.17) is 9.47 Å². The van der Waals surface area contributed by atoms with Crippen LogP contribution in [0.1, 0.15) is 48.5 Å². The number of hydrogen-bond acceptors (Lipinski definition) is 6. The van der Waals surface area contributed by atoms with Crippen LogP contribution < -0.4 is 4.74 Å². The summed E-state index contributed by atoms with van der Waals surface area (Å²) in [7, 11) is 1.56. The van der Waals surface area contributed by atoms with Crippen molar-refractivity contribution >= 4 is 5.97 Å². The van der Waals surface area contributed by atoms with Crippen molar-refractivity contribution < 1.29 is 24.2 Å². The lowest BCUT2D eigenvalue weighted by Gasteiger charge is -2.13. The number of esters is 1. The third kappa shape index (κ3) is 5.59. The summed E-state index contributed by atoms with van der Waals surface area (Å²) in [6.45, 7) is 4.28. The van der Waals surface area contributed by atoms with Crippen LogP contribution in [-0.2, 0) is 9.57 Å². The van der Waals surface area contributed by atoms with Crippen LogP contribution >= 0.6 is 0 Å². The number of carbonyl (C=O) groups is 1. The quantitative estimate of drug-likeness (QED) is 0.301. The van der Waals surface area contributed by atoms with E-state index in [0.717, 1.165) is 5.56 Å². The summed E-state index contributed by atoms with van der Waals surface area (Å²) < 4.78 is 10.4. The average Bonchev–Trinajstić information content (AvgIpc) is 2.49. The maximum absolute atomic E-state index is 11.9. The topological polar surface area (TPSA) is 87.9 Å². The van der Waals surface area contributed by atoms with Gasteiger partial charge in [0.1, 0.15) is 5.75 Å². The SMILES string of the molecule is COc1cc(C(=O)OCCCCO[N+](=O)[O-])ccc1C(C)C. The highest BCUT2D eigenvalue weighted by molar-refractivity contribution is 5.90. The predicted molar refractivity (Wildman–Crippen MR) is 79.5 cm³/mol. The molecular weight excluding hydrogens is 290 g/mol. The molecule has 0 aliphatic heterocycles. The summed E-state index contributed by atoms with van der Waals surface area (Å²) in [6, 6.07) is 5.22. The number of carbonyl (C=O) groups excluding carboxylic acids is 1. The van der Waals surface area contributed by atoms with Gasteiger partial charge >= 0.3 is 5.97 Å². The van der Waals surface area contributed by atoms with Crippen molar-refractivity contribution in [3.05, 3.63) is 39.4 Å². The van der Waals surface area contributed by atoms with Crippen LogP contribution in [0.25, 0.3) is 0 Å². The Kier molecular flexibility index (Phi) is 7.15. The highest BCUT2D eigenvalue weighted by Gasteiger charge is 2.13. The number of nitrogens with zero attached hydrogens (tertiary/aromatic N) is 1. The summed E-state index contributed by atoms with van der Waals surface area (Å²) in [5, 5.41) is 9.11. The van der Waals surface area contributed by atoms with Gasteiger partial charge in [0.2, 0.25) is 0 Å². The molecule has 0 heterocycles. The zero-order valence-electron chi connectivity index (χ0n) is 13.0. The predicted octanol–water partition coefficient (Wildman–Crippen LogP) is 2.96. The third-order valence-corrected chi connectivity index (χ3v) is 3.06. The van der Waals surface area contributed by atoms with E-state index in [-0.39, 0.29) is 13.2 Å². The van der Waals surface area contributed by atoms with Gasteiger partial charge in [0.05, 0.1) is 25.9 Å². The molecule has 0 spiro atoms. The Labute approximate surface area is 129 Å². The molecule has 0 radical (unpaired) electrons. The lowest BCUT2D eigenvalue weighted by molar-refractivity contribution is -0.757. The second-order valence-corrected chi connectivity index (χ2v) is 5.01. The minimum absolute atomic E-state index is 0.00145. The summed E-state index contributed by atoms with van der Waals surface area (Å²) in [6.07, 6.45) is 0.949. The molecule has 0 saturated carbocycles. The van der Waals surface area contributed by atoms with Crippen LogP contribution in [0.15, 0.2) is 18.2 Å². The molecule has 7 nitrogen and oxygen atoms in total. The molecule has 0 fully saturated rings. The van der Waals surface area contributed by atoms with Gasteiger partial charge in [-0.05, 0) is 36.5 Å². The van der Waals surface area contributed by atoms with Crippen LogP contribution in [0.2, 0.25) is 0 Å². The fraction of sp³-hybridized carbons (Fsp3) is 0.533. The normalized spacial score (nSPS) is 10.4. The molecule has 0 aromatic heterocycles. The van der Waals surface area contributed by atoms with E-state index in [9.17, 15) is 14.9 Å². The van der Waals surface area contributed by atoms with Gasteiger partial charge in [0.15, 0.2) is 0 Å². The maximum atomic E-state index is 11.9. The fourth-order valence-electron chi connectivity index (χ4n) is 1.91. The van der Waals surface area contributed by atoms with Gasteiger partial charge < -0.3 is 14.3 Å². The van der Waals surface area contributed by atoms with Gasteiger partial charge in [-0.2, -0.15) is 0 Å². The Morgan fingerprint density at radius 2 is 1.95 bits per heavy atom. The molecule has 1 aromatic carbocycles. The third-order valence-electron chi connectivity index (χ3n) is 3.06. The van der Waals surface area contributed by atoms with Gasteiger partial charge in [-0.25, -0.2) is 4.79 Å². The number of methoxy groups -OCH3 is 1. The molecular formula is C15H21NO6. The van der Waals surface area contributed by atoms with Crippen molar-refractivity contribution in [3.63, 3.8) is 0 Å². The first-order valence-corrected chi connectivity index (χ1v) is 7.08. The average molecular weight is 311 g/mol. The highest BCUT2D eigenvalue weighted by Crippen LogP contribution is 2.27. The Morgan fingerprint density at radius 1 is 1.27 bits per heavy atom. The molecule has 0 saturated heterocycles.